The van der Waals surface area contributed by atoms with Crippen LogP contribution in [0.1, 0.15) is 12.6 Å². The highest BCUT2D eigenvalue weighted by molar-refractivity contribution is 5.97. The lowest BCUT2D eigenvalue weighted by Crippen LogP contribution is -2.39. The molecule has 0 unspecified atom stereocenters. The molecule has 0 atom stereocenters. The lowest BCUT2D eigenvalue weighted by molar-refractivity contribution is -0.123. The number of aromatic nitrogens is 1. The van der Waals surface area contributed by atoms with E-state index >= 15 is 0 Å². The number of rotatable bonds is 5. The summed E-state index contributed by atoms with van der Waals surface area (Å²) in [6.07, 6.45) is 1.64. The molecule has 1 heterocycles. The van der Waals surface area contributed by atoms with Crippen molar-refractivity contribution in [3.05, 3.63) is 60.2 Å². The van der Waals surface area contributed by atoms with Crippen molar-refractivity contribution in [1.82, 2.24) is 10.3 Å². The normalized spacial score (nSPS) is 10.1. The molecule has 22 heavy (non-hydrogen) atoms. The number of hydrogen-bond acceptors (Lipinski definition) is 3. The van der Waals surface area contributed by atoms with Gasteiger partial charge < -0.3 is 10.2 Å². The van der Waals surface area contributed by atoms with Crippen molar-refractivity contribution < 1.29 is 14.0 Å². The van der Waals surface area contributed by atoms with Crippen LogP contribution < -0.4 is 10.2 Å². The number of halogens is 1. The van der Waals surface area contributed by atoms with Crippen LogP contribution in [0, 0.1) is 5.82 Å². The first-order valence-corrected chi connectivity index (χ1v) is 6.76. The number of benzene rings is 1. The molecule has 2 amide bonds. The summed E-state index contributed by atoms with van der Waals surface area (Å²) in [7, 11) is 0. The third-order valence-electron chi connectivity index (χ3n) is 2.99. The monoisotopic (exact) mass is 301 g/mol. The average Bonchev–Trinajstić information content (AvgIpc) is 2.51. The second-order valence-electron chi connectivity index (χ2n) is 4.68. The van der Waals surface area contributed by atoms with Gasteiger partial charge in [0.05, 0.1) is 12.2 Å². The Morgan fingerprint density at radius 3 is 2.68 bits per heavy atom. The van der Waals surface area contributed by atoms with E-state index in [2.05, 4.69) is 10.3 Å². The Morgan fingerprint density at radius 1 is 1.23 bits per heavy atom. The van der Waals surface area contributed by atoms with Gasteiger partial charge in [-0.25, -0.2) is 4.39 Å². The first-order valence-electron chi connectivity index (χ1n) is 6.76. The van der Waals surface area contributed by atoms with Gasteiger partial charge in [0.15, 0.2) is 0 Å². The molecular weight excluding hydrogens is 285 g/mol. The van der Waals surface area contributed by atoms with Crippen LogP contribution in [0.3, 0.4) is 0 Å². The molecule has 5 nitrogen and oxygen atoms in total. The summed E-state index contributed by atoms with van der Waals surface area (Å²) in [6.45, 7) is 1.43. The Kier molecular flexibility index (Phi) is 5.19. The topological polar surface area (TPSA) is 62.3 Å². The Labute approximate surface area is 127 Å². The van der Waals surface area contributed by atoms with E-state index in [4.69, 9.17) is 0 Å². The van der Waals surface area contributed by atoms with Gasteiger partial charge in [0.2, 0.25) is 11.8 Å². The van der Waals surface area contributed by atoms with Gasteiger partial charge >= 0.3 is 0 Å². The van der Waals surface area contributed by atoms with Crippen LogP contribution >= 0.6 is 0 Å². The Balaban J connectivity index is 1.99. The van der Waals surface area contributed by atoms with Crippen molar-refractivity contribution in [1.29, 1.82) is 0 Å². The molecule has 0 aliphatic carbocycles. The third kappa shape index (κ3) is 4.37. The number of nitrogens with one attached hydrogen (secondary N) is 1. The smallest absolute Gasteiger partial charge is 0.240 e. The molecule has 0 spiro atoms. The van der Waals surface area contributed by atoms with Gasteiger partial charge in [-0.3, -0.25) is 14.6 Å². The van der Waals surface area contributed by atoms with Crippen LogP contribution in [0.5, 0.6) is 0 Å². The van der Waals surface area contributed by atoms with E-state index in [1.807, 2.05) is 6.07 Å². The number of nitrogens with zero attached hydrogens (tertiary/aromatic N) is 2. The molecule has 1 aromatic carbocycles. The van der Waals surface area contributed by atoms with Crippen LogP contribution in [-0.4, -0.2) is 23.3 Å². The summed E-state index contributed by atoms with van der Waals surface area (Å²) in [4.78, 5) is 28.9. The van der Waals surface area contributed by atoms with Crippen molar-refractivity contribution >= 4 is 17.5 Å². The SMILES string of the molecule is CC(=O)N(CC(=O)NCc1ccccn1)c1cccc(F)c1. The molecule has 2 aromatic rings. The first kappa shape index (κ1) is 15.6. The van der Waals surface area contributed by atoms with Gasteiger partial charge in [-0.15, -0.1) is 0 Å². The van der Waals surface area contributed by atoms with Crippen molar-refractivity contribution in [2.45, 2.75) is 13.5 Å². The van der Waals surface area contributed by atoms with E-state index in [0.29, 0.717) is 5.69 Å². The van der Waals surface area contributed by atoms with E-state index in [1.165, 1.54) is 30.0 Å². The molecule has 0 aliphatic heterocycles. The summed E-state index contributed by atoms with van der Waals surface area (Å²) < 4.78 is 13.3. The Bertz CT molecular complexity index is 661. The number of hydrogen-bond donors (Lipinski definition) is 1. The maximum absolute atomic E-state index is 13.3. The minimum atomic E-state index is -0.461. The molecule has 0 radical (unpaired) electrons. The molecule has 1 N–H and O–H groups in total. The number of pyridine rings is 1. The van der Waals surface area contributed by atoms with Crippen LogP contribution in [0.15, 0.2) is 48.7 Å². The van der Waals surface area contributed by atoms with E-state index in [0.717, 1.165) is 5.69 Å². The largest absolute Gasteiger partial charge is 0.349 e. The standard InChI is InChI=1S/C16H16FN3O2/c1-12(21)20(15-7-4-5-13(17)9-15)11-16(22)19-10-14-6-2-3-8-18-14/h2-9H,10-11H2,1H3,(H,19,22). The van der Waals surface area contributed by atoms with Gasteiger partial charge in [0, 0.05) is 18.8 Å². The van der Waals surface area contributed by atoms with Gasteiger partial charge in [-0.2, -0.15) is 0 Å². The van der Waals surface area contributed by atoms with Gasteiger partial charge in [-0.05, 0) is 30.3 Å². The average molecular weight is 301 g/mol. The molecule has 0 saturated heterocycles. The molecule has 6 heteroatoms. The zero-order valence-electron chi connectivity index (χ0n) is 12.1. The lowest BCUT2D eigenvalue weighted by atomic mass is 10.2. The molecule has 2 rings (SSSR count). The van der Waals surface area contributed by atoms with E-state index in [1.54, 1.807) is 24.4 Å². The number of amides is 2. The van der Waals surface area contributed by atoms with Gasteiger partial charge in [-0.1, -0.05) is 12.1 Å². The molecule has 0 bridgehead atoms. The molecule has 0 aliphatic rings. The van der Waals surface area contributed by atoms with E-state index in [-0.39, 0.29) is 24.9 Å². The molecule has 1 aromatic heterocycles. The fourth-order valence-electron chi connectivity index (χ4n) is 1.92. The predicted molar refractivity (Wildman–Crippen MR) is 80.5 cm³/mol. The molecule has 0 saturated carbocycles. The number of carbonyl (C=O) groups excluding carboxylic acids is 2. The summed E-state index contributed by atoms with van der Waals surface area (Å²) in [6, 6.07) is 11.0. The summed E-state index contributed by atoms with van der Waals surface area (Å²) >= 11 is 0. The first-order chi connectivity index (χ1) is 10.6. The van der Waals surface area contributed by atoms with Crippen molar-refractivity contribution in [3.8, 4) is 0 Å². The number of anilines is 1. The fraction of sp³-hybridized carbons (Fsp3) is 0.188. The molecular formula is C16H16FN3O2. The van der Waals surface area contributed by atoms with Crippen molar-refractivity contribution in [2.24, 2.45) is 0 Å². The van der Waals surface area contributed by atoms with Crippen LogP contribution in [0.4, 0.5) is 10.1 Å². The predicted octanol–water partition coefficient (Wildman–Crippen LogP) is 1.89. The maximum atomic E-state index is 13.3. The van der Waals surface area contributed by atoms with E-state index in [9.17, 15) is 14.0 Å². The quantitative estimate of drug-likeness (QED) is 0.917. The van der Waals surface area contributed by atoms with Gasteiger partial charge in [0.1, 0.15) is 12.4 Å². The van der Waals surface area contributed by atoms with Crippen LogP contribution in [-0.2, 0) is 16.1 Å². The van der Waals surface area contributed by atoms with Crippen LogP contribution in [0.25, 0.3) is 0 Å². The van der Waals surface area contributed by atoms with Crippen molar-refractivity contribution in [3.63, 3.8) is 0 Å². The minimum absolute atomic E-state index is 0.175. The van der Waals surface area contributed by atoms with Crippen LogP contribution in [0.2, 0.25) is 0 Å². The highest BCUT2D eigenvalue weighted by Gasteiger charge is 2.16. The zero-order valence-corrected chi connectivity index (χ0v) is 12.1. The second-order valence-corrected chi connectivity index (χ2v) is 4.68. The van der Waals surface area contributed by atoms with E-state index < -0.39 is 5.82 Å². The Hall–Kier alpha value is -2.76. The summed E-state index contributed by atoms with van der Waals surface area (Å²) in [5, 5.41) is 2.68. The minimum Gasteiger partial charge on any atom is -0.349 e. The second kappa shape index (κ2) is 7.31. The highest BCUT2D eigenvalue weighted by atomic mass is 19.1. The highest BCUT2D eigenvalue weighted by Crippen LogP contribution is 2.15. The molecule has 0 fully saturated rings. The Morgan fingerprint density at radius 2 is 2.05 bits per heavy atom. The zero-order chi connectivity index (χ0) is 15.9. The summed E-state index contributed by atoms with van der Waals surface area (Å²) in [5.41, 5.74) is 1.07. The van der Waals surface area contributed by atoms with Crippen molar-refractivity contribution in [2.75, 3.05) is 11.4 Å². The fourth-order valence-corrected chi connectivity index (χ4v) is 1.92. The molecule has 114 valence electrons. The number of carbonyl (C=O) groups is 2. The summed E-state index contributed by atoms with van der Waals surface area (Å²) in [5.74, 6) is -1.14. The van der Waals surface area contributed by atoms with Gasteiger partial charge in [0.25, 0.3) is 0 Å². The lowest BCUT2D eigenvalue weighted by Gasteiger charge is -2.20. The third-order valence-corrected chi connectivity index (χ3v) is 2.99. The maximum Gasteiger partial charge on any atom is 0.240 e.